The molecule has 0 spiro atoms. The van der Waals surface area contributed by atoms with Crippen molar-refractivity contribution in [3.63, 3.8) is 0 Å². The third kappa shape index (κ3) is 12.6. The van der Waals surface area contributed by atoms with Gasteiger partial charge in [-0.05, 0) is 0 Å². The number of fused-ring (bicyclic) bond motifs is 2. The summed E-state index contributed by atoms with van der Waals surface area (Å²) in [5, 5.41) is 5.32. The van der Waals surface area contributed by atoms with Gasteiger partial charge in [0.2, 0.25) is 0 Å². The molecule has 0 nitrogen and oxygen atoms in total. The average Bonchev–Trinajstić information content (AvgIpc) is 3.57. The third-order valence-electron chi connectivity index (χ3n) is 4.83. The molecule has 0 radical (unpaired) electrons. The first-order chi connectivity index (χ1) is 14.7. The van der Waals surface area contributed by atoms with Crippen molar-refractivity contribution in [3.05, 3.63) is 133 Å². The topological polar surface area (TPSA) is 0 Å². The maximum atomic E-state index is 3.12. The minimum atomic E-state index is 0. The molecule has 2 aliphatic carbocycles. The van der Waals surface area contributed by atoms with Crippen LogP contribution in [0.15, 0.2) is 120 Å². The van der Waals surface area contributed by atoms with Gasteiger partial charge in [-0.2, -0.15) is 47.2 Å². The van der Waals surface area contributed by atoms with Gasteiger partial charge in [-0.15, -0.1) is 72.1 Å². The van der Waals surface area contributed by atoms with E-state index in [0.717, 1.165) is 12.8 Å². The monoisotopic (exact) mass is 638 g/mol. The molecule has 4 aromatic carbocycles. The van der Waals surface area contributed by atoms with Crippen molar-refractivity contribution in [2.45, 2.75) is 26.7 Å². The quantitative estimate of drug-likeness (QED) is 0.259. The first-order valence-corrected chi connectivity index (χ1v) is 10.4. The predicted octanol–water partition coefficient (Wildman–Crippen LogP) is 2.51. The fraction of sp³-hybridized carbons (Fsp3) is 0.133. The Hall–Kier alpha value is -1.03. The molecule has 172 valence electrons. The zero-order valence-electron chi connectivity index (χ0n) is 19.6. The van der Waals surface area contributed by atoms with Gasteiger partial charge in [0.1, 0.15) is 0 Å². The van der Waals surface area contributed by atoms with Crippen LogP contribution in [0.5, 0.6) is 0 Å². The Morgan fingerprint density at radius 2 is 0.971 bits per heavy atom. The van der Waals surface area contributed by atoms with E-state index in [1.165, 1.54) is 32.7 Å². The minimum Gasteiger partial charge on any atom is -1.00 e. The van der Waals surface area contributed by atoms with Gasteiger partial charge in [-0.3, -0.25) is 12.2 Å². The van der Waals surface area contributed by atoms with E-state index in [2.05, 4.69) is 135 Å². The molecule has 0 saturated carbocycles. The smallest absolute Gasteiger partial charge is 1.00 e. The fourth-order valence-corrected chi connectivity index (χ4v) is 3.17. The van der Waals surface area contributed by atoms with Crippen LogP contribution in [0.4, 0.5) is 0 Å². The number of hydrogen-bond acceptors (Lipinski definition) is 0. The van der Waals surface area contributed by atoms with Gasteiger partial charge in [0.25, 0.3) is 0 Å². The van der Waals surface area contributed by atoms with Crippen LogP contribution in [-0.4, -0.2) is 0 Å². The normalized spacial score (nSPS) is 11.9. The van der Waals surface area contributed by atoms with Gasteiger partial charge in [0, 0.05) is 0 Å². The summed E-state index contributed by atoms with van der Waals surface area (Å²) in [6, 6.07) is 29.3. The summed E-state index contributed by atoms with van der Waals surface area (Å²) < 4.78 is 0. The first kappa shape index (κ1) is 35.1. The first-order valence-electron chi connectivity index (χ1n) is 10.4. The molecule has 2 aliphatic rings. The molecular formula is C30H28Cl2Zr2-2. The van der Waals surface area contributed by atoms with Crippen molar-refractivity contribution in [1.82, 2.24) is 0 Å². The number of halogens is 2. The summed E-state index contributed by atoms with van der Waals surface area (Å²) in [6.45, 7) is 4.12. The fourth-order valence-electron chi connectivity index (χ4n) is 3.17. The summed E-state index contributed by atoms with van der Waals surface area (Å²) in [5.41, 5.74) is 2.55. The molecule has 0 N–H and O–H groups in total. The van der Waals surface area contributed by atoms with E-state index in [1.807, 2.05) is 0 Å². The second-order valence-corrected chi connectivity index (χ2v) is 7.24. The van der Waals surface area contributed by atoms with Crippen molar-refractivity contribution in [3.8, 4) is 0 Å². The molecule has 0 amide bonds. The van der Waals surface area contributed by atoms with Crippen molar-refractivity contribution in [2.24, 2.45) is 0 Å². The molecular weight excluding hydrogens is 614 g/mol. The van der Waals surface area contributed by atoms with Gasteiger partial charge < -0.3 is 24.8 Å². The van der Waals surface area contributed by atoms with Crippen molar-refractivity contribution >= 4 is 21.5 Å². The van der Waals surface area contributed by atoms with Crippen molar-refractivity contribution in [2.75, 3.05) is 0 Å². The van der Waals surface area contributed by atoms with E-state index in [-0.39, 0.29) is 77.2 Å². The molecule has 0 aliphatic heterocycles. The second-order valence-electron chi connectivity index (χ2n) is 7.24. The van der Waals surface area contributed by atoms with Crippen LogP contribution < -0.4 is 24.8 Å². The third-order valence-corrected chi connectivity index (χ3v) is 4.83. The maximum absolute atomic E-state index is 3.12. The molecule has 0 bridgehead atoms. The Morgan fingerprint density at radius 3 is 1.24 bits per heavy atom. The Kier molecular flexibility index (Phi) is 20.9. The van der Waals surface area contributed by atoms with E-state index in [4.69, 9.17) is 0 Å². The minimum absolute atomic E-state index is 0. The molecule has 0 unspecified atom stereocenters. The Bertz CT molecular complexity index is 1020. The number of hydrogen-bond donors (Lipinski definition) is 0. The van der Waals surface area contributed by atoms with Crippen LogP contribution in [0.2, 0.25) is 0 Å². The van der Waals surface area contributed by atoms with Gasteiger partial charge in [0.15, 0.2) is 0 Å². The van der Waals surface area contributed by atoms with Gasteiger partial charge >= 0.3 is 52.4 Å². The molecule has 34 heavy (non-hydrogen) atoms. The summed E-state index contributed by atoms with van der Waals surface area (Å²) in [5.74, 6) is 0. The van der Waals surface area contributed by atoms with Crippen LogP contribution in [0.25, 0.3) is 21.5 Å². The molecule has 4 heteroatoms. The maximum Gasteiger partial charge on any atom is 2.00 e. The number of benzene rings is 2. The molecule has 0 saturated heterocycles. The van der Waals surface area contributed by atoms with E-state index < -0.39 is 0 Å². The standard InChI is InChI=1S/2C9H7.2C6H7.2ClH.2Zr/c2*1-2-5-9-7-3-6-8(9)4-1;2*1-6-4-2-3-5-6;;;;/h2*1-7H;2*2,4H,3H2,1H3;2*1H;;/q4*-1;;;2*+2/p-2. The van der Waals surface area contributed by atoms with Crippen LogP contribution in [0.1, 0.15) is 26.7 Å². The van der Waals surface area contributed by atoms with E-state index in [1.54, 1.807) is 0 Å². The molecule has 0 atom stereocenters. The molecule has 0 fully saturated rings. The Balaban J connectivity index is 0. The second kappa shape index (κ2) is 20.2. The predicted molar refractivity (Wildman–Crippen MR) is 131 cm³/mol. The summed E-state index contributed by atoms with van der Waals surface area (Å²) in [7, 11) is 0. The van der Waals surface area contributed by atoms with Gasteiger partial charge in [-0.25, -0.2) is 23.3 Å². The van der Waals surface area contributed by atoms with Crippen LogP contribution in [-0.2, 0) is 52.4 Å². The van der Waals surface area contributed by atoms with E-state index in [0.29, 0.717) is 0 Å². The average molecular weight is 642 g/mol. The van der Waals surface area contributed by atoms with Gasteiger partial charge in [0.05, 0.1) is 0 Å². The van der Waals surface area contributed by atoms with E-state index >= 15 is 0 Å². The van der Waals surface area contributed by atoms with E-state index in [9.17, 15) is 0 Å². The molecule has 0 heterocycles. The largest absolute Gasteiger partial charge is 2.00 e. The SMILES string of the molecule is CC1=[C-]CC=C1.CC1=[C-]CC=C1.[Cl-].[Cl-].[Zr+2].[Zr+2].c1ccc2[cH-]ccc2c1.c1ccc2[cH-]ccc2c1. The van der Waals surface area contributed by atoms with Crippen LogP contribution in [0.3, 0.4) is 0 Å². The van der Waals surface area contributed by atoms with Gasteiger partial charge in [-0.1, -0.05) is 26.0 Å². The molecule has 0 aromatic heterocycles. The zero-order valence-corrected chi connectivity index (χ0v) is 26.0. The Labute approximate surface area is 255 Å². The summed E-state index contributed by atoms with van der Waals surface area (Å²) in [4.78, 5) is 0. The summed E-state index contributed by atoms with van der Waals surface area (Å²) >= 11 is 0. The molecule has 6 rings (SSSR count). The van der Waals surface area contributed by atoms with Crippen molar-refractivity contribution < 1.29 is 77.2 Å². The number of rotatable bonds is 0. The number of allylic oxidation sites excluding steroid dienone is 8. The van der Waals surface area contributed by atoms with Crippen molar-refractivity contribution in [1.29, 1.82) is 0 Å². The zero-order chi connectivity index (χ0) is 21.0. The summed E-state index contributed by atoms with van der Waals surface area (Å²) in [6.07, 6.45) is 16.7. The van der Waals surface area contributed by atoms with Crippen LogP contribution >= 0.6 is 0 Å². The Morgan fingerprint density at radius 1 is 0.588 bits per heavy atom. The molecule has 4 aromatic rings. The van der Waals surface area contributed by atoms with Crippen LogP contribution in [0, 0.1) is 12.2 Å².